The predicted molar refractivity (Wildman–Crippen MR) is 174 cm³/mol. The fourth-order valence-corrected chi connectivity index (χ4v) is 6.27. The summed E-state index contributed by atoms with van der Waals surface area (Å²) in [6.45, 7) is 28.6. The summed E-state index contributed by atoms with van der Waals surface area (Å²) in [5, 5.41) is 19.1. The van der Waals surface area contributed by atoms with Crippen molar-refractivity contribution in [2.24, 2.45) is 35.5 Å². The van der Waals surface area contributed by atoms with Crippen LogP contribution in [0.3, 0.4) is 0 Å². The van der Waals surface area contributed by atoms with Gasteiger partial charge in [0.15, 0.2) is 23.5 Å². The number of aliphatic hydroxyl groups is 2. The minimum absolute atomic E-state index is 0. The van der Waals surface area contributed by atoms with E-state index in [1.807, 2.05) is 73.6 Å². The number of fused-ring (bicyclic) bond motifs is 1. The van der Waals surface area contributed by atoms with Gasteiger partial charge in [0.05, 0.1) is 36.6 Å². The average Bonchev–Trinajstić information content (AvgIpc) is 3.32. The average molecular weight is 1190 g/mol. The molecule has 13 nitrogen and oxygen atoms in total. The SMILES string of the molecule is CC1OC(C)C(O)C(C)C1C.CC1OC([C-]=O)C(O)C(C)C1C.CC1OC2OC(C)(C)OC2C(C)C1C.Cc1cccc(C)[nH+]1.[Ac].[Ac].[O-][Cl+3]([O-])([O-])[O-]. The van der Waals surface area contributed by atoms with Crippen LogP contribution in [0.5, 0.6) is 0 Å². The van der Waals surface area contributed by atoms with Crippen LogP contribution in [0, 0.1) is 148 Å². The number of H-pyrrole nitrogens is 1. The van der Waals surface area contributed by atoms with Gasteiger partial charge in [-0.3, -0.25) is 0 Å². The number of hydrogen-bond donors (Lipinski definition) is 2. The molecule has 16 heteroatoms. The Hall–Kier alpha value is 1.55. The molecule has 0 bridgehead atoms. The van der Waals surface area contributed by atoms with E-state index < -0.39 is 28.2 Å². The molecule has 0 aromatic carbocycles. The molecule has 2 radical (unpaired) electrons. The minimum Gasteiger partial charge on any atom is -0.539 e. The zero-order valence-corrected chi connectivity index (χ0v) is 43.6. The van der Waals surface area contributed by atoms with Gasteiger partial charge in [0, 0.05) is 114 Å². The van der Waals surface area contributed by atoms with Gasteiger partial charge in [-0.05, 0) is 89.2 Å². The Morgan fingerprint density at radius 2 is 1.06 bits per heavy atom. The molecule has 5 heterocycles. The maximum Gasteiger partial charge on any atom is 0.187 e. The van der Waals surface area contributed by atoms with Gasteiger partial charge < -0.3 is 38.7 Å². The summed E-state index contributed by atoms with van der Waals surface area (Å²) in [6.07, 6.45) is 0.437. The molecule has 1 aromatic heterocycles. The van der Waals surface area contributed by atoms with Crippen LogP contribution in [0.15, 0.2) is 18.2 Å². The molecule has 3 N–H and O–H groups in total. The minimum atomic E-state index is -4.94. The molecule has 4 saturated heterocycles. The number of aromatic amines is 1. The summed E-state index contributed by atoms with van der Waals surface area (Å²) in [6, 6.07) is 6.14. The molecule has 5 rings (SSSR count). The van der Waals surface area contributed by atoms with Gasteiger partial charge in [-0.15, -0.1) is 10.2 Å². The number of nitrogens with one attached hydrogen (secondary N) is 1. The number of aryl methyl sites for hydroxylation is 2. The van der Waals surface area contributed by atoms with Crippen LogP contribution in [-0.2, 0) is 28.5 Å². The van der Waals surface area contributed by atoms with Crippen molar-refractivity contribution in [3.63, 3.8) is 0 Å². The van der Waals surface area contributed by atoms with Gasteiger partial charge in [0.2, 0.25) is 0 Å². The van der Waals surface area contributed by atoms with Crippen LogP contribution < -0.4 is 23.6 Å². The summed E-state index contributed by atoms with van der Waals surface area (Å²) in [7, 11) is -4.94. The first-order valence-electron chi connectivity index (χ1n) is 17.4. The number of carbonyl (C=O) groups excluding carboxylic acids is 1. The third kappa shape index (κ3) is 18.9. The van der Waals surface area contributed by atoms with Crippen LogP contribution in [0.2, 0.25) is 0 Å². The largest absolute Gasteiger partial charge is 0.539 e. The van der Waals surface area contributed by atoms with E-state index in [1.54, 1.807) is 6.29 Å². The standard InChI is InChI=1S/C11H20O3.C9H15O3.C9H18O2.C7H9N.2Ac.ClHO4/c1-6-7(2)9-10(12-8(6)3)14-11(4,5)13-9;1-5-6(2)9(11)8(4-10)12-7(5)3;1-5-6(2)9(10)8(4)11-7(5)3;1-6-4-3-5-7(2)8-6;;;2-1(3,4)5/h6-10H,1-5H3;5-9,11H,1-3H3;5-10H,1-4H3;3-5H,1-2H3;;;(H,2,3,4,5)/q;-1;;;;;. The van der Waals surface area contributed by atoms with Crippen molar-refractivity contribution in [2.75, 3.05) is 0 Å². The second kappa shape index (κ2) is 25.1. The molecular weight excluding hydrogens is 1130 g/mol. The zero-order valence-electron chi connectivity index (χ0n) is 33.4. The molecule has 0 aliphatic carbocycles. The molecule has 4 aliphatic rings. The van der Waals surface area contributed by atoms with Crippen molar-refractivity contribution < 1.29 is 161 Å². The first kappa shape index (κ1) is 55.7. The monoisotopic (exact) mass is 1190 g/mol. The first-order chi connectivity index (χ1) is 22.8. The Morgan fingerprint density at radius 1 is 0.654 bits per heavy atom. The molecule has 0 spiro atoms. The van der Waals surface area contributed by atoms with Crippen molar-refractivity contribution in [1.82, 2.24) is 0 Å². The van der Waals surface area contributed by atoms with Gasteiger partial charge in [-0.25, -0.2) is 29.9 Å². The fourth-order valence-electron chi connectivity index (χ4n) is 6.27. The Morgan fingerprint density at radius 3 is 1.48 bits per heavy atom. The van der Waals surface area contributed by atoms with Gasteiger partial charge in [-0.2, -0.15) is 0 Å². The summed E-state index contributed by atoms with van der Waals surface area (Å²) >= 11 is 0. The van der Waals surface area contributed by atoms with Crippen molar-refractivity contribution in [1.29, 1.82) is 0 Å². The topological polar surface area (TPSA) is 210 Å². The number of ether oxygens (including phenoxy) is 5. The Balaban J connectivity index is 0. The number of hydrogen-bond acceptors (Lipinski definition) is 12. The van der Waals surface area contributed by atoms with Gasteiger partial charge in [0.1, 0.15) is 6.10 Å². The van der Waals surface area contributed by atoms with E-state index >= 15 is 0 Å². The molecule has 1 aromatic rings. The molecule has 52 heavy (non-hydrogen) atoms. The quantitative estimate of drug-likeness (QED) is 0.368. The van der Waals surface area contributed by atoms with E-state index in [1.165, 1.54) is 11.4 Å². The third-order valence-corrected chi connectivity index (χ3v) is 10.5. The summed E-state index contributed by atoms with van der Waals surface area (Å²) in [5.74, 6) is 1.71. The van der Waals surface area contributed by atoms with Crippen molar-refractivity contribution in [3.8, 4) is 0 Å². The second-order valence-corrected chi connectivity index (χ2v) is 15.5. The molecule has 0 saturated carbocycles. The van der Waals surface area contributed by atoms with Crippen LogP contribution in [-0.4, -0.2) is 77.4 Å². The van der Waals surface area contributed by atoms with E-state index in [0.29, 0.717) is 23.7 Å². The third-order valence-electron chi connectivity index (χ3n) is 10.5. The van der Waals surface area contributed by atoms with E-state index in [2.05, 4.69) is 46.5 Å². The maximum atomic E-state index is 10.4. The number of pyridine rings is 1. The van der Waals surface area contributed by atoms with E-state index in [0.717, 1.165) is 0 Å². The molecule has 15 atom stereocenters. The van der Waals surface area contributed by atoms with E-state index in [4.69, 9.17) is 42.3 Å². The summed E-state index contributed by atoms with van der Waals surface area (Å²) in [4.78, 5) is 13.5. The van der Waals surface area contributed by atoms with Gasteiger partial charge in [-0.1, -0.05) is 41.5 Å². The zero-order chi connectivity index (χ0) is 38.9. The molecule has 298 valence electrons. The van der Waals surface area contributed by atoms with Crippen LogP contribution >= 0.6 is 0 Å². The predicted octanol–water partition coefficient (Wildman–Crippen LogP) is 0.460. The van der Waals surface area contributed by atoms with Gasteiger partial charge >= 0.3 is 0 Å². The van der Waals surface area contributed by atoms with Crippen LogP contribution in [0.4, 0.5) is 0 Å². The van der Waals surface area contributed by atoms with Crippen LogP contribution in [0.1, 0.15) is 94.5 Å². The molecule has 0 amide bonds. The Labute approximate surface area is 385 Å². The molecule has 4 aliphatic heterocycles. The molecule has 4 fully saturated rings. The van der Waals surface area contributed by atoms with Crippen molar-refractivity contribution in [2.45, 2.75) is 158 Å². The number of aliphatic hydroxyl groups excluding tert-OH is 2. The first-order valence-corrected chi connectivity index (χ1v) is 18.7. The fraction of sp³-hybridized carbons (Fsp3) is 0.833. The molecule has 15 unspecified atom stereocenters. The van der Waals surface area contributed by atoms with E-state index in [-0.39, 0.29) is 143 Å². The summed E-state index contributed by atoms with van der Waals surface area (Å²) in [5.41, 5.74) is 2.43. The van der Waals surface area contributed by atoms with E-state index in [9.17, 15) is 15.0 Å². The van der Waals surface area contributed by atoms with Crippen molar-refractivity contribution in [3.05, 3.63) is 29.6 Å². The number of aromatic nitrogens is 1. The number of halogens is 1. The smallest absolute Gasteiger partial charge is 0.187 e. The summed E-state index contributed by atoms with van der Waals surface area (Å²) < 4.78 is 62.1. The molecular formula is C36H63Ac2ClNO12-. The second-order valence-electron chi connectivity index (χ2n) is 14.8. The van der Waals surface area contributed by atoms with Gasteiger partial charge in [0.25, 0.3) is 0 Å². The maximum absolute atomic E-state index is 10.4. The van der Waals surface area contributed by atoms with Crippen LogP contribution in [0.25, 0.3) is 0 Å². The number of rotatable bonds is 1. The van der Waals surface area contributed by atoms with Crippen molar-refractivity contribution >= 4 is 6.29 Å². The Bertz CT molecular complexity index is 1110. The normalized spacial score (nSPS) is 38.9. The Kier molecular flexibility index (Phi) is 26.9.